The SMILES string of the molecule is Cc1cc(OCCOCCOCCOCCOCCOCCOCCOCCNC(=O)OC(C)(C)C)ccc1-c1ccc(C[C@H](NC(=O)OCC2c3ccccc3-c3ccccc32)C(=O)O)cc1. The molecule has 0 saturated carbocycles. The molecule has 1 atom stereocenters. The Bertz CT molecular complexity index is 2080. The number of aliphatic carboxylic acids is 1. The molecule has 4 aromatic rings. The highest BCUT2D eigenvalue weighted by atomic mass is 16.6. The Balaban J connectivity index is 0.831. The molecule has 0 spiro atoms. The number of hydrogen-bond donors (Lipinski definition) is 3. The average molecular weight is 945 g/mol. The second-order valence-electron chi connectivity index (χ2n) is 16.8. The second kappa shape index (κ2) is 29.3. The molecule has 0 radical (unpaired) electrons. The van der Waals surface area contributed by atoms with E-state index >= 15 is 0 Å². The van der Waals surface area contributed by atoms with Crippen molar-refractivity contribution >= 4 is 18.2 Å². The summed E-state index contributed by atoms with van der Waals surface area (Å²) in [6.45, 7) is 14.5. The lowest BCUT2D eigenvalue weighted by molar-refractivity contribution is -0.139. The molecule has 16 heteroatoms. The van der Waals surface area contributed by atoms with Gasteiger partial charge in [0.2, 0.25) is 0 Å². The number of nitrogens with one attached hydrogen (secondary N) is 2. The zero-order valence-corrected chi connectivity index (χ0v) is 39.8. The minimum atomic E-state index is -1.16. The van der Waals surface area contributed by atoms with Crippen LogP contribution < -0.4 is 15.4 Å². The Hall–Kier alpha value is -5.59. The van der Waals surface area contributed by atoms with Gasteiger partial charge in [-0.05, 0) is 84.3 Å². The number of carbonyl (C=O) groups is 3. The highest BCUT2D eigenvalue weighted by molar-refractivity contribution is 5.81. The first-order valence-electron chi connectivity index (χ1n) is 23.2. The summed E-state index contributed by atoms with van der Waals surface area (Å²) >= 11 is 0. The summed E-state index contributed by atoms with van der Waals surface area (Å²) in [7, 11) is 0. The number of aryl methyl sites for hydroxylation is 1. The molecule has 0 fully saturated rings. The minimum Gasteiger partial charge on any atom is -0.491 e. The van der Waals surface area contributed by atoms with E-state index in [-0.39, 0.29) is 18.9 Å². The van der Waals surface area contributed by atoms with Crippen LogP contribution in [0.1, 0.15) is 48.9 Å². The van der Waals surface area contributed by atoms with E-state index in [2.05, 4.69) is 22.8 Å². The first-order chi connectivity index (χ1) is 33.0. The first kappa shape index (κ1) is 53.4. The number of carbonyl (C=O) groups excluding carboxylic acids is 2. The maximum Gasteiger partial charge on any atom is 0.407 e. The molecular formula is C52H68N2O14. The molecule has 5 rings (SSSR count). The van der Waals surface area contributed by atoms with Crippen LogP contribution in [0.3, 0.4) is 0 Å². The molecule has 3 N–H and O–H groups in total. The van der Waals surface area contributed by atoms with Gasteiger partial charge in [-0.3, -0.25) is 0 Å². The molecule has 0 unspecified atom stereocenters. The fraction of sp³-hybridized carbons (Fsp3) is 0.481. The van der Waals surface area contributed by atoms with Crippen LogP contribution in [0.4, 0.5) is 9.59 Å². The van der Waals surface area contributed by atoms with Gasteiger partial charge in [-0.1, -0.05) is 78.9 Å². The van der Waals surface area contributed by atoms with Gasteiger partial charge in [-0.2, -0.15) is 0 Å². The van der Waals surface area contributed by atoms with Crippen molar-refractivity contribution in [3.05, 3.63) is 113 Å². The summed E-state index contributed by atoms with van der Waals surface area (Å²) < 4.78 is 55.3. The van der Waals surface area contributed by atoms with Crippen molar-refractivity contribution in [2.24, 2.45) is 0 Å². The summed E-state index contributed by atoms with van der Waals surface area (Å²) in [4.78, 5) is 36.6. The van der Waals surface area contributed by atoms with Gasteiger partial charge >= 0.3 is 18.2 Å². The lowest BCUT2D eigenvalue weighted by Crippen LogP contribution is -2.42. The van der Waals surface area contributed by atoms with E-state index in [1.807, 2.05) is 107 Å². The average Bonchev–Trinajstić information content (AvgIpc) is 3.63. The predicted molar refractivity (Wildman–Crippen MR) is 255 cm³/mol. The topological polar surface area (TPSA) is 188 Å². The molecular weight excluding hydrogens is 877 g/mol. The molecule has 0 bridgehead atoms. The molecule has 370 valence electrons. The number of rotatable bonds is 32. The first-order valence-corrected chi connectivity index (χ1v) is 23.2. The van der Waals surface area contributed by atoms with Gasteiger partial charge in [-0.15, -0.1) is 0 Å². The highest BCUT2D eigenvalue weighted by Crippen LogP contribution is 2.44. The standard InChI is InChI=1S/C52H68N2O14/c1-38-35-41(66-34-33-65-32-31-64-30-29-63-28-27-62-26-25-61-24-23-60-22-21-59-20-19-53-50(57)68-52(2,3)4)17-18-42(38)40-15-13-39(14-16-40)36-48(49(55)56)54-51(58)67-37-47-45-11-7-5-9-43(45)44-10-6-8-12-46(44)47/h5-18,35,47-48H,19-34,36-37H2,1-4H3,(H,53,57)(H,54,58)(H,55,56)/t48-/m0/s1. The quantitative estimate of drug-likeness (QED) is 0.0417. The maximum absolute atomic E-state index is 12.9. The van der Waals surface area contributed by atoms with Crippen molar-refractivity contribution in [2.75, 3.05) is 112 Å². The predicted octanol–water partition coefficient (Wildman–Crippen LogP) is 7.22. The highest BCUT2D eigenvalue weighted by Gasteiger charge is 2.30. The van der Waals surface area contributed by atoms with Crippen molar-refractivity contribution in [2.45, 2.75) is 51.7 Å². The molecule has 0 saturated heterocycles. The Kier molecular flexibility index (Phi) is 23.0. The van der Waals surface area contributed by atoms with E-state index in [0.717, 1.165) is 50.3 Å². The zero-order chi connectivity index (χ0) is 48.4. The van der Waals surface area contributed by atoms with Gasteiger partial charge < -0.3 is 63.1 Å². The summed E-state index contributed by atoms with van der Waals surface area (Å²) in [5.41, 5.74) is 7.65. The molecule has 2 amide bonds. The summed E-state index contributed by atoms with van der Waals surface area (Å²) in [5.74, 6) is -0.536. The fourth-order valence-electron chi connectivity index (χ4n) is 7.27. The van der Waals surface area contributed by atoms with E-state index in [1.54, 1.807) is 0 Å². The Morgan fingerprint density at radius 1 is 0.588 bits per heavy atom. The van der Waals surface area contributed by atoms with Crippen LogP contribution in [0.25, 0.3) is 22.3 Å². The van der Waals surface area contributed by atoms with E-state index in [4.69, 9.17) is 47.4 Å². The number of carboxylic acids is 1. The minimum absolute atomic E-state index is 0.0996. The van der Waals surface area contributed by atoms with Crippen molar-refractivity contribution < 1.29 is 66.9 Å². The van der Waals surface area contributed by atoms with Crippen LogP contribution in [0.15, 0.2) is 91.0 Å². The van der Waals surface area contributed by atoms with Gasteiger partial charge in [-0.25, -0.2) is 14.4 Å². The summed E-state index contributed by atoms with van der Waals surface area (Å²) in [6.07, 6.45) is -1.13. The largest absolute Gasteiger partial charge is 0.491 e. The van der Waals surface area contributed by atoms with Crippen molar-refractivity contribution in [3.63, 3.8) is 0 Å². The third kappa shape index (κ3) is 19.2. The van der Waals surface area contributed by atoms with Gasteiger partial charge in [0.1, 0.15) is 30.6 Å². The molecule has 1 aliphatic carbocycles. The van der Waals surface area contributed by atoms with E-state index in [0.29, 0.717) is 106 Å². The molecule has 0 aliphatic heterocycles. The van der Waals surface area contributed by atoms with Gasteiger partial charge in [0, 0.05) is 18.9 Å². The van der Waals surface area contributed by atoms with Crippen molar-refractivity contribution in [1.82, 2.24) is 10.6 Å². The normalized spacial score (nSPS) is 12.5. The van der Waals surface area contributed by atoms with Gasteiger partial charge in [0.25, 0.3) is 0 Å². The zero-order valence-electron chi connectivity index (χ0n) is 39.8. The van der Waals surface area contributed by atoms with Crippen LogP contribution in [-0.2, 0) is 53.8 Å². The van der Waals surface area contributed by atoms with Crippen molar-refractivity contribution in [3.8, 4) is 28.0 Å². The summed E-state index contributed by atoms with van der Waals surface area (Å²) in [5, 5.41) is 15.1. The number of fused-ring (bicyclic) bond motifs is 3. The molecule has 0 aromatic heterocycles. The lowest BCUT2D eigenvalue weighted by Gasteiger charge is -2.19. The van der Waals surface area contributed by atoms with Crippen LogP contribution in [0.5, 0.6) is 5.75 Å². The fourth-order valence-corrected chi connectivity index (χ4v) is 7.27. The molecule has 0 heterocycles. The third-order valence-corrected chi connectivity index (χ3v) is 10.5. The Labute approximate surface area is 399 Å². The van der Waals surface area contributed by atoms with E-state index in [9.17, 15) is 19.5 Å². The number of carboxylic acid groups (broad SMARTS) is 1. The van der Waals surface area contributed by atoms with Crippen molar-refractivity contribution in [1.29, 1.82) is 0 Å². The van der Waals surface area contributed by atoms with E-state index < -0.39 is 29.8 Å². The van der Waals surface area contributed by atoms with Crippen LogP contribution in [0.2, 0.25) is 0 Å². The lowest BCUT2D eigenvalue weighted by atomic mass is 9.97. The molecule has 16 nitrogen and oxygen atoms in total. The number of hydrogen-bond acceptors (Lipinski definition) is 13. The van der Waals surface area contributed by atoms with Gasteiger partial charge in [0.05, 0.1) is 92.5 Å². The molecule has 68 heavy (non-hydrogen) atoms. The number of amides is 2. The van der Waals surface area contributed by atoms with Crippen LogP contribution >= 0.6 is 0 Å². The van der Waals surface area contributed by atoms with E-state index in [1.165, 1.54) is 0 Å². The molecule has 4 aromatic carbocycles. The maximum atomic E-state index is 12.9. The Morgan fingerprint density at radius 3 is 1.56 bits per heavy atom. The molecule has 1 aliphatic rings. The van der Waals surface area contributed by atoms with Crippen LogP contribution in [-0.4, -0.2) is 147 Å². The Morgan fingerprint density at radius 2 is 1.07 bits per heavy atom. The smallest absolute Gasteiger partial charge is 0.407 e. The summed E-state index contributed by atoms with van der Waals surface area (Å²) in [6, 6.07) is 28.5. The van der Waals surface area contributed by atoms with Crippen LogP contribution in [0, 0.1) is 6.92 Å². The number of benzene rings is 4. The second-order valence-corrected chi connectivity index (χ2v) is 16.8. The number of ether oxygens (including phenoxy) is 10. The third-order valence-electron chi connectivity index (χ3n) is 10.5. The number of alkyl carbamates (subject to hydrolysis) is 2. The monoisotopic (exact) mass is 944 g/mol. The van der Waals surface area contributed by atoms with Gasteiger partial charge in [0.15, 0.2) is 0 Å².